The molecule has 0 spiro atoms. The zero-order chi connectivity index (χ0) is 20.0. The van der Waals surface area contributed by atoms with Crippen LogP contribution in [0, 0.1) is 0 Å². The van der Waals surface area contributed by atoms with E-state index in [0.717, 1.165) is 0 Å². The second-order valence-corrected chi connectivity index (χ2v) is 6.65. The first-order chi connectivity index (χ1) is 12.9. The average molecular weight is 387 g/mol. The molecule has 0 aromatic heterocycles. The van der Waals surface area contributed by atoms with Crippen molar-refractivity contribution in [3.8, 4) is 11.5 Å². The van der Waals surface area contributed by atoms with Crippen molar-refractivity contribution in [2.45, 2.75) is 4.90 Å². The Bertz CT molecular complexity index is 990. The average Bonchev–Trinajstić information content (AvgIpc) is 2.66. The van der Waals surface area contributed by atoms with E-state index in [1.54, 1.807) is 42.5 Å². The molecule has 3 aromatic carbocycles. The molecule has 7 nitrogen and oxygen atoms in total. The van der Waals surface area contributed by atoms with E-state index < -0.39 is 10.1 Å². The lowest BCUT2D eigenvalue weighted by atomic mass is 10.1. The molecule has 0 aliphatic carbocycles. The number of aromatic hydroxyl groups is 2. The number of hydrogen-bond acceptors (Lipinski definition) is 6. The summed E-state index contributed by atoms with van der Waals surface area (Å²) >= 11 is 0. The third-order valence-corrected chi connectivity index (χ3v) is 4.53. The van der Waals surface area contributed by atoms with Gasteiger partial charge in [0.1, 0.15) is 23.2 Å². The van der Waals surface area contributed by atoms with E-state index in [1.807, 2.05) is 6.79 Å². The molecule has 8 heteroatoms. The first kappa shape index (κ1) is 20.0. The van der Waals surface area contributed by atoms with Crippen LogP contribution in [-0.2, 0) is 14.9 Å². The van der Waals surface area contributed by atoms with Gasteiger partial charge in [0.15, 0.2) is 0 Å². The highest BCUT2D eigenvalue weighted by Crippen LogP contribution is 2.44. The third kappa shape index (κ3) is 4.25. The summed E-state index contributed by atoms with van der Waals surface area (Å²) in [4.78, 5) is 9.02. The summed E-state index contributed by atoms with van der Waals surface area (Å²) in [5.41, 5.74) is 0.591. The van der Waals surface area contributed by atoms with Crippen LogP contribution in [0.4, 0.5) is 17.1 Å². The summed E-state index contributed by atoms with van der Waals surface area (Å²) in [6.07, 6.45) is 0. The molecule has 0 aliphatic rings. The van der Waals surface area contributed by atoms with Gasteiger partial charge in [-0.1, -0.05) is 36.4 Å². The van der Waals surface area contributed by atoms with Gasteiger partial charge in [-0.2, -0.15) is 8.42 Å². The van der Waals surface area contributed by atoms with Crippen LogP contribution >= 0.6 is 0 Å². The summed E-state index contributed by atoms with van der Waals surface area (Å²) in [7, 11) is -4.53. The highest BCUT2D eigenvalue weighted by Gasteiger charge is 2.25. The highest BCUT2D eigenvalue weighted by atomic mass is 32.2. The third-order valence-electron chi connectivity index (χ3n) is 3.63. The van der Waals surface area contributed by atoms with E-state index >= 15 is 0 Å². The molecule has 27 heavy (non-hydrogen) atoms. The lowest BCUT2D eigenvalue weighted by Crippen LogP contribution is -2.14. The van der Waals surface area contributed by atoms with E-state index in [4.69, 9.17) is 4.79 Å². The Morgan fingerprint density at radius 2 is 1.04 bits per heavy atom. The molecule has 0 unspecified atom stereocenters. The molecule has 0 amide bonds. The van der Waals surface area contributed by atoms with Gasteiger partial charge >= 0.3 is 0 Å². The maximum Gasteiger partial charge on any atom is 0.296 e. The van der Waals surface area contributed by atoms with Crippen LogP contribution in [0.15, 0.2) is 77.7 Å². The largest absolute Gasteiger partial charge is 0.506 e. The van der Waals surface area contributed by atoms with Crippen LogP contribution in [-0.4, -0.2) is 30.0 Å². The zero-order valence-corrected chi connectivity index (χ0v) is 14.9. The molecule has 0 aliphatic heterocycles. The fraction of sp³-hybridized carbons (Fsp3) is 0. The fourth-order valence-electron chi connectivity index (χ4n) is 2.56. The molecule has 0 saturated heterocycles. The number of carbonyl (C=O) groups excluding carboxylic acids is 1. The lowest BCUT2D eigenvalue weighted by molar-refractivity contribution is -0.0980. The lowest BCUT2D eigenvalue weighted by Gasteiger charge is -2.27. The summed E-state index contributed by atoms with van der Waals surface area (Å²) in [6.45, 7) is 2.00. The van der Waals surface area contributed by atoms with Crippen LogP contribution < -0.4 is 4.90 Å². The van der Waals surface area contributed by atoms with Gasteiger partial charge in [-0.15, -0.1) is 0 Å². The van der Waals surface area contributed by atoms with Crippen molar-refractivity contribution in [2.24, 2.45) is 0 Å². The minimum atomic E-state index is -4.53. The van der Waals surface area contributed by atoms with Gasteiger partial charge in [0.25, 0.3) is 10.1 Å². The van der Waals surface area contributed by atoms with Gasteiger partial charge in [0, 0.05) is 0 Å². The van der Waals surface area contributed by atoms with Crippen molar-refractivity contribution in [3.63, 3.8) is 0 Å². The molecule has 0 heterocycles. The van der Waals surface area contributed by atoms with E-state index in [0.29, 0.717) is 0 Å². The Balaban J connectivity index is 0.00000126. The quantitative estimate of drug-likeness (QED) is 0.586. The molecule has 3 aromatic rings. The monoisotopic (exact) mass is 387 g/mol. The molecule has 0 fully saturated rings. The molecular formula is C19H17NO6S. The SMILES string of the molecule is C=O.O=S(=O)(O)c1ccccc1N(c1ccccc1O)c1ccccc1O. The highest BCUT2D eigenvalue weighted by molar-refractivity contribution is 7.86. The Hall–Kier alpha value is -3.36. The predicted octanol–water partition coefficient (Wildman–Crippen LogP) is 3.63. The Labute approximate surface area is 156 Å². The Kier molecular flexibility index (Phi) is 6.17. The topological polar surface area (TPSA) is 115 Å². The van der Waals surface area contributed by atoms with Gasteiger partial charge in [0.05, 0.1) is 17.1 Å². The van der Waals surface area contributed by atoms with Gasteiger partial charge in [-0.05, 0) is 36.4 Å². The molecule has 0 radical (unpaired) electrons. The maximum absolute atomic E-state index is 11.8. The van der Waals surface area contributed by atoms with Crippen molar-refractivity contribution >= 4 is 34.0 Å². The molecule has 0 bridgehead atoms. The summed E-state index contributed by atoms with van der Waals surface area (Å²) in [5, 5.41) is 20.5. The van der Waals surface area contributed by atoms with Crippen LogP contribution in [0.25, 0.3) is 0 Å². The molecule has 3 rings (SSSR count). The fourth-order valence-corrected chi connectivity index (χ4v) is 3.23. The number of nitrogens with zero attached hydrogens (tertiary/aromatic N) is 1. The number of hydrogen-bond donors (Lipinski definition) is 3. The van der Waals surface area contributed by atoms with E-state index in [9.17, 15) is 23.2 Å². The van der Waals surface area contributed by atoms with Crippen LogP contribution in [0.3, 0.4) is 0 Å². The number of rotatable bonds is 4. The van der Waals surface area contributed by atoms with Crippen LogP contribution in [0.1, 0.15) is 0 Å². The summed E-state index contributed by atoms with van der Waals surface area (Å²) in [6, 6.07) is 18.4. The Morgan fingerprint density at radius 3 is 1.44 bits per heavy atom. The molecule has 140 valence electrons. The summed E-state index contributed by atoms with van der Waals surface area (Å²) in [5.74, 6) is -0.230. The summed E-state index contributed by atoms with van der Waals surface area (Å²) < 4.78 is 33.2. The standard InChI is InChI=1S/C18H15NO5S.CH2O/c20-16-10-4-1-7-13(16)19(14-8-2-5-11-17(14)21)15-9-3-6-12-18(15)25(22,23)24;1-2/h1-12,20-21H,(H,22,23,24);1H2. The van der Waals surface area contributed by atoms with Crippen molar-refractivity contribution in [1.29, 1.82) is 0 Å². The number of phenols is 2. The van der Waals surface area contributed by atoms with E-state index in [2.05, 4.69) is 0 Å². The molecule has 0 saturated carbocycles. The van der Waals surface area contributed by atoms with Crippen molar-refractivity contribution in [2.75, 3.05) is 4.90 Å². The van der Waals surface area contributed by atoms with E-state index in [1.165, 1.54) is 35.2 Å². The predicted molar refractivity (Wildman–Crippen MR) is 101 cm³/mol. The van der Waals surface area contributed by atoms with E-state index in [-0.39, 0.29) is 33.5 Å². The van der Waals surface area contributed by atoms with Gasteiger partial charge in [-0.3, -0.25) is 4.55 Å². The van der Waals surface area contributed by atoms with Crippen molar-refractivity contribution in [3.05, 3.63) is 72.8 Å². The van der Waals surface area contributed by atoms with Crippen molar-refractivity contribution in [1.82, 2.24) is 0 Å². The molecule has 3 N–H and O–H groups in total. The number of benzene rings is 3. The second kappa shape index (κ2) is 8.35. The van der Waals surface area contributed by atoms with Gasteiger partial charge in [-0.25, -0.2) is 0 Å². The van der Waals surface area contributed by atoms with Crippen LogP contribution in [0.2, 0.25) is 0 Å². The van der Waals surface area contributed by atoms with Crippen molar-refractivity contribution < 1.29 is 28.0 Å². The minimum Gasteiger partial charge on any atom is -0.506 e. The number of phenolic OH excluding ortho intramolecular Hbond substituents is 2. The number of para-hydroxylation sites is 5. The second-order valence-electron chi connectivity index (χ2n) is 5.26. The smallest absolute Gasteiger partial charge is 0.296 e. The Morgan fingerprint density at radius 1 is 0.667 bits per heavy atom. The van der Waals surface area contributed by atoms with Gasteiger partial charge < -0.3 is 19.9 Å². The minimum absolute atomic E-state index is 0.0907. The first-order valence-corrected chi connectivity index (χ1v) is 9.05. The zero-order valence-electron chi connectivity index (χ0n) is 14.1. The normalized spacial score (nSPS) is 10.6. The first-order valence-electron chi connectivity index (χ1n) is 7.61. The molecular weight excluding hydrogens is 370 g/mol. The van der Waals surface area contributed by atoms with Gasteiger partial charge in [0.2, 0.25) is 0 Å². The number of anilines is 3. The molecule has 0 atom stereocenters. The maximum atomic E-state index is 11.8. The number of carbonyl (C=O) groups is 1. The van der Waals surface area contributed by atoms with Crippen LogP contribution in [0.5, 0.6) is 11.5 Å².